The van der Waals surface area contributed by atoms with E-state index in [1.54, 1.807) is 0 Å². The Balaban J connectivity index is 2.47. The molecular weight excluding hydrogens is 108 g/mol. The summed E-state index contributed by atoms with van der Waals surface area (Å²) < 4.78 is 0. The second-order valence-electron chi connectivity index (χ2n) is 1.30. The van der Waals surface area contributed by atoms with E-state index in [1.807, 2.05) is 12.3 Å². The minimum absolute atomic E-state index is 0.850. The van der Waals surface area contributed by atoms with E-state index in [0.717, 1.165) is 11.4 Å². The fraction of sp³-hybridized carbons (Fsp3) is 0.250. The molecule has 0 unspecified atom stereocenters. The highest BCUT2D eigenvalue weighted by atomic mass is 32.1. The molecule has 1 aliphatic rings. The molecule has 2 N–H and O–H groups in total. The monoisotopic (exact) mass is 114 g/mol. The van der Waals surface area contributed by atoms with Gasteiger partial charge in [-0.2, -0.15) is 0 Å². The third kappa shape index (κ3) is 1.16. The Labute approximate surface area is 47.6 Å². The normalized spacial score (nSPS) is 18.0. The number of thiocarbonyl (C=S) groups is 1. The van der Waals surface area contributed by atoms with E-state index in [0.29, 0.717) is 0 Å². The molecule has 0 spiro atoms. The van der Waals surface area contributed by atoms with Gasteiger partial charge >= 0.3 is 0 Å². The van der Waals surface area contributed by atoms with Crippen LogP contribution < -0.4 is 10.9 Å². The van der Waals surface area contributed by atoms with Crippen LogP contribution in [0.3, 0.4) is 0 Å². The quantitative estimate of drug-likeness (QED) is 0.444. The van der Waals surface area contributed by atoms with E-state index in [2.05, 4.69) is 10.9 Å². The van der Waals surface area contributed by atoms with Gasteiger partial charge in [0.1, 0.15) is 0 Å². The lowest BCUT2D eigenvalue weighted by molar-refractivity contribution is 0.798. The predicted octanol–water partition coefficient (Wildman–Crippen LogP) is 0.325. The largest absolute Gasteiger partial charge is 0.308 e. The highest BCUT2D eigenvalue weighted by molar-refractivity contribution is 7.80. The zero-order chi connectivity index (χ0) is 5.11. The zero-order valence-corrected chi connectivity index (χ0v) is 4.59. The first-order valence-electron chi connectivity index (χ1n) is 2.09. The van der Waals surface area contributed by atoms with Crippen molar-refractivity contribution in [2.75, 3.05) is 0 Å². The van der Waals surface area contributed by atoms with Crippen LogP contribution in [0.25, 0.3) is 0 Å². The fourth-order valence-corrected chi connectivity index (χ4v) is 0.553. The highest BCUT2D eigenvalue weighted by Crippen LogP contribution is 1.86. The van der Waals surface area contributed by atoms with E-state index in [-0.39, 0.29) is 0 Å². The van der Waals surface area contributed by atoms with Gasteiger partial charge in [0, 0.05) is 12.6 Å². The molecule has 0 saturated heterocycles. The Bertz CT molecular complexity index is 108. The summed E-state index contributed by atoms with van der Waals surface area (Å²) in [6.45, 7) is 0. The van der Waals surface area contributed by atoms with E-state index in [4.69, 9.17) is 12.2 Å². The lowest BCUT2D eigenvalue weighted by Crippen LogP contribution is -2.34. The molecule has 7 heavy (non-hydrogen) atoms. The summed E-state index contributed by atoms with van der Waals surface area (Å²) >= 11 is 4.78. The van der Waals surface area contributed by atoms with Crippen molar-refractivity contribution < 1.29 is 0 Å². The summed E-state index contributed by atoms with van der Waals surface area (Å²) in [5.74, 6) is 0. The molecule has 0 amide bonds. The van der Waals surface area contributed by atoms with Crippen LogP contribution in [-0.4, -0.2) is 4.99 Å². The van der Waals surface area contributed by atoms with Crippen LogP contribution in [-0.2, 0) is 0 Å². The van der Waals surface area contributed by atoms with Crippen LogP contribution in [0, 0.1) is 0 Å². The van der Waals surface area contributed by atoms with Crippen molar-refractivity contribution >= 4 is 17.2 Å². The summed E-state index contributed by atoms with van der Waals surface area (Å²) in [7, 11) is 0. The number of hydrogen-bond acceptors (Lipinski definition) is 2. The van der Waals surface area contributed by atoms with Crippen molar-refractivity contribution in [3.8, 4) is 0 Å². The smallest absolute Gasteiger partial charge is 0.0978 e. The van der Waals surface area contributed by atoms with Crippen LogP contribution in [0.4, 0.5) is 0 Å². The van der Waals surface area contributed by atoms with Crippen molar-refractivity contribution in [1.29, 1.82) is 0 Å². The molecule has 0 aliphatic carbocycles. The molecular formula is C4H6N2S. The minimum Gasteiger partial charge on any atom is -0.308 e. The third-order valence-electron chi connectivity index (χ3n) is 0.716. The summed E-state index contributed by atoms with van der Waals surface area (Å²) in [5.41, 5.74) is 5.54. The molecule has 0 bridgehead atoms. The summed E-state index contributed by atoms with van der Waals surface area (Å²) in [6, 6.07) is 0. The average Bonchev–Trinajstić information content (AvgIpc) is 1.69. The van der Waals surface area contributed by atoms with Gasteiger partial charge in [-0.05, 0) is 0 Å². The van der Waals surface area contributed by atoms with Gasteiger partial charge in [0.05, 0.1) is 4.99 Å². The molecule has 1 heterocycles. The van der Waals surface area contributed by atoms with E-state index >= 15 is 0 Å². The van der Waals surface area contributed by atoms with Crippen LogP contribution in [0.1, 0.15) is 6.42 Å². The Kier molecular flexibility index (Phi) is 1.26. The number of hydrogen-bond donors (Lipinski definition) is 2. The van der Waals surface area contributed by atoms with Gasteiger partial charge in [0.2, 0.25) is 0 Å². The molecule has 0 aromatic carbocycles. The van der Waals surface area contributed by atoms with Gasteiger partial charge in [0.25, 0.3) is 0 Å². The second-order valence-corrected chi connectivity index (χ2v) is 1.79. The van der Waals surface area contributed by atoms with Crippen molar-refractivity contribution in [3.63, 3.8) is 0 Å². The molecule has 2 nitrogen and oxygen atoms in total. The molecule has 3 heteroatoms. The Hall–Kier alpha value is -0.570. The fourth-order valence-electron chi connectivity index (χ4n) is 0.398. The maximum Gasteiger partial charge on any atom is 0.0978 e. The minimum atomic E-state index is 0.850. The van der Waals surface area contributed by atoms with Crippen LogP contribution in [0.2, 0.25) is 0 Å². The first kappa shape index (κ1) is 4.59. The Morgan fingerprint density at radius 1 is 1.71 bits per heavy atom. The lowest BCUT2D eigenvalue weighted by Gasteiger charge is -2.08. The topological polar surface area (TPSA) is 24.1 Å². The number of hydrazine groups is 1. The van der Waals surface area contributed by atoms with Crippen molar-refractivity contribution in [2.24, 2.45) is 0 Å². The summed E-state index contributed by atoms with van der Waals surface area (Å²) in [6.07, 6.45) is 4.66. The Morgan fingerprint density at radius 3 is 2.86 bits per heavy atom. The van der Waals surface area contributed by atoms with Crippen molar-refractivity contribution in [1.82, 2.24) is 10.9 Å². The van der Waals surface area contributed by atoms with Gasteiger partial charge in [-0.25, -0.2) is 0 Å². The standard InChI is InChI=1S/C4H6N2S/c7-4-2-1-3-5-6-4/h1,3,5H,2H2,(H,6,7). The van der Waals surface area contributed by atoms with Gasteiger partial charge in [-0.1, -0.05) is 18.3 Å². The molecule has 0 aromatic heterocycles. The summed E-state index contributed by atoms with van der Waals surface area (Å²) in [4.78, 5) is 0.850. The maximum absolute atomic E-state index is 4.78. The summed E-state index contributed by atoms with van der Waals surface area (Å²) in [5, 5.41) is 0. The first-order chi connectivity index (χ1) is 3.39. The first-order valence-corrected chi connectivity index (χ1v) is 2.50. The molecule has 1 rings (SSSR count). The van der Waals surface area contributed by atoms with E-state index in [1.165, 1.54) is 0 Å². The van der Waals surface area contributed by atoms with Crippen molar-refractivity contribution in [3.05, 3.63) is 12.3 Å². The third-order valence-corrected chi connectivity index (χ3v) is 0.985. The molecule has 1 aliphatic heterocycles. The molecule has 0 fully saturated rings. The van der Waals surface area contributed by atoms with Crippen LogP contribution in [0.5, 0.6) is 0 Å². The highest BCUT2D eigenvalue weighted by Gasteiger charge is 1.92. The van der Waals surface area contributed by atoms with Gasteiger partial charge in [0.15, 0.2) is 0 Å². The molecule has 0 saturated carbocycles. The number of nitrogens with one attached hydrogen (secondary N) is 2. The van der Waals surface area contributed by atoms with Crippen LogP contribution >= 0.6 is 12.2 Å². The van der Waals surface area contributed by atoms with E-state index in [9.17, 15) is 0 Å². The zero-order valence-electron chi connectivity index (χ0n) is 3.77. The predicted molar refractivity (Wildman–Crippen MR) is 32.6 cm³/mol. The average molecular weight is 114 g/mol. The molecule has 0 atom stereocenters. The van der Waals surface area contributed by atoms with Gasteiger partial charge < -0.3 is 5.43 Å². The van der Waals surface area contributed by atoms with Gasteiger partial charge in [-0.15, -0.1) is 0 Å². The SMILES string of the molecule is S=C1CC=CNN1. The van der Waals surface area contributed by atoms with E-state index < -0.39 is 0 Å². The lowest BCUT2D eigenvalue weighted by atomic mass is 10.4. The molecule has 0 aromatic rings. The second kappa shape index (κ2) is 1.93. The van der Waals surface area contributed by atoms with Crippen LogP contribution in [0.15, 0.2) is 12.3 Å². The maximum atomic E-state index is 4.78. The number of rotatable bonds is 0. The Morgan fingerprint density at radius 2 is 2.57 bits per heavy atom. The van der Waals surface area contributed by atoms with Gasteiger partial charge in [-0.3, -0.25) is 5.43 Å². The molecule has 38 valence electrons. The van der Waals surface area contributed by atoms with Crippen molar-refractivity contribution in [2.45, 2.75) is 6.42 Å². The molecule has 0 radical (unpaired) electrons.